The first-order valence-corrected chi connectivity index (χ1v) is 8.70. The molecule has 1 atom stereocenters. The topological polar surface area (TPSA) is 83.3 Å². The van der Waals surface area contributed by atoms with Gasteiger partial charge in [-0.1, -0.05) is 0 Å². The second-order valence-corrected chi connectivity index (χ2v) is 6.84. The number of carbonyl (C=O) groups excluding carboxylic acids is 1. The molecule has 0 bridgehead atoms. The normalized spacial score (nSPS) is 12.8. The van der Waals surface area contributed by atoms with Crippen molar-refractivity contribution in [3.05, 3.63) is 62.8 Å². The molecule has 0 aliphatic rings. The van der Waals surface area contributed by atoms with E-state index in [1.807, 2.05) is 6.92 Å². The molecule has 0 aliphatic heterocycles. The maximum absolute atomic E-state index is 13.3. The van der Waals surface area contributed by atoms with Gasteiger partial charge in [-0.25, -0.2) is 13.8 Å². The average Bonchev–Trinajstić information content (AvgIpc) is 3.15. The van der Waals surface area contributed by atoms with Crippen LogP contribution >= 0.6 is 0 Å². The summed E-state index contributed by atoms with van der Waals surface area (Å²) in [5.41, 5.74) is 0.680. The zero-order valence-electron chi connectivity index (χ0n) is 15.8. The van der Waals surface area contributed by atoms with Crippen LogP contribution in [0.1, 0.15) is 25.6 Å². The fourth-order valence-electron chi connectivity index (χ4n) is 3.41. The minimum atomic E-state index is -0.888. The van der Waals surface area contributed by atoms with Gasteiger partial charge in [-0.2, -0.15) is 4.98 Å². The Hall–Kier alpha value is -3.49. The summed E-state index contributed by atoms with van der Waals surface area (Å²) in [6.45, 7) is 4.69. The van der Waals surface area contributed by atoms with Gasteiger partial charge in [-0.15, -0.1) is 0 Å². The summed E-state index contributed by atoms with van der Waals surface area (Å²) in [5.74, 6) is -0.236. The maximum atomic E-state index is 13.3. The van der Waals surface area contributed by atoms with Crippen LogP contribution in [0.25, 0.3) is 22.6 Å². The van der Waals surface area contributed by atoms with E-state index in [0.29, 0.717) is 11.5 Å². The Kier molecular flexibility index (Phi) is 3.84. The number of hydrogen-bond acceptors (Lipinski definition) is 4. The summed E-state index contributed by atoms with van der Waals surface area (Å²) in [7, 11) is 1.51. The van der Waals surface area contributed by atoms with E-state index < -0.39 is 17.3 Å². The van der Waals surface area contributed by atoms with Crippen LogP contribution in [0.2, 0.25) is 0 Å². The maximum Gasteiger partial charge on any atom is 0.333 e. The third-order valence-electron chi connectivity index (χ3n) is 5.04. The number of aromatic nitrogens is 5. The average molecular weight is 383 g/mol. The minimum Gasteiger partial charge on any atom is -0.298 e. The molecule has 3 aromatic heterocycles. The van der Waals surface area contributed by atoms with Crippen LogP contribution in [0.4, 0.5) is 4.39 Å². The first kappa shape index (κ1) is 17.9. The molecule has 4 rings (SSSR count). The molecular weight excluding hydrogens is 365 g/mol. The molecule has 144 valence electrons. The fraction of sp³-hybridized carbons (Fsp3) is 0.263. The summed E-state index contributed by atoms with van der Waals surface area (Å²) in [4.78, 5) is 42.1. The first-order chi connectivity index (χ1) is 13.2. The van der Waals surface area contributed by atoms with Crippen molar-refractivity contribution in [2.75, 3.05) is 0 Å². The molecule has 0 N–H and O–H groups in total. The predicted molar refractivity (Wildman–Crippen MR) is 102 cm³/mol. The van der Waals surface area contributed by atoms with Gasteiger partial charge in [0, 0.05) is 24.6 Å². The quantitative estimate of drug-likeness (QED) is 0.539. The van der Waals surface area contributed by atoms with Crippen LogP contribution in [-0.2, 0) is 11.8 Å². The molecule has 1 aromatic carbocycles. The molecule has 1 unspecified atom stereocenters. The number of rotatable bonds is 3. The molecule has 0 saturated carbocycles. The smallest absolute Gasteiger partial charge is 0.298 e. The van der Waals surface area contributed by atoms with E-state index in [1.165, 1.54) is 37.6 Å². The Bertz CT molecular complexity index is 1370. The van der Waals surface area contributed by atoms with Crippen LogP contribution in [0.3, 0.4) is 0 Å². The molecular formula is C19H18FN5O3. The number of fused-ring (bicyclic) bond motifs is 3. The van der Waals surface area contributed by atoms with Gasteiger partial charge in [-0.05, 0) is 45.0 Å². The largest absolute Gasteiger partial charge is 0.333 e. The Balaban J connectivity index is 2.14. The van der Waals surface area contributed by atoms with Crippen LogP contribution in [0.5, 0.6) is 0 Å². The van der Waals surface area contributed by atoms with Crippen molar-refractivity contribution in [3.63, 3.8) is 0 Å². The highest BCUT2D eigenvalue weighted by Gasteiger charge is 2.24. The molecule has 0 spiro atoms. The number of hydrogen-bond donors (Lipinski definition) is 0. The van der Waals surface area contributed by atoms with Crippen molar-refractivity contribution in [1.29, 1.82) is 0 Å². The third kappa shape index (κ3) is 2.35. The van der Waals surface area contributed by atoms with Crippen molar-refractivity contribution >= 4 is 22.7 Å². The second kappa shape index (κ2) is 6.01. The Morgan fingerprint density at radius 3 is 2.43 bits per heavy atom. The van der Waals surface area contributed by atoms with Crippen LogP contribution in [-0.4, -0.2) is 28.9 Å². The summed E-state index contributed by atoms with van der Waals surface area (Å²) < 4.78 is 18.9. The van der Waals surface area contributed by atoms with Crippen molar-refractivity contribution < 1.29 is 9.18 Å². The molecule has 0 saturated heterocycles. The SMILES string of the molecule is CC(=O)C(C)n1c(=O)c2c(nc3n(-c4ccc(F)cc4)c(C)cn23)n(C)c1=O. The lowest BCUT2D eigenvalue weighted by Crippen LogP contribution is -2.42. The van der Waals surface area contributed by atoms with E-state index in [0.717, 1.165) is 10.3 Å². The predicted octanol–water partition coefficient (Wildman–Crippen LogP) is 1.74. The molecule has 9 heteroatoms. The van der Waals surface area contributed by atoms with Gasteiger partial charge in [0.15, 0.2) is 16.9 Å². The summed E-state index contributed by atoms with van der Waals surface area (Å²) in [6, 6.07) is 5.01. The van der Waals surface area contributed by atoms with Gasteiger partial charge < -0.3 is 0 Å². The summed E-state index contributed by atoms with van der Waals surface area (Å²) in [5, 5.41) is 0. The van der Waals surface area contributed by atoms with Crippen LogP contribution < -0.4 is 11.2 Å². The molecule has 0 aliphatic carbocycles. The van der Waals surface area contributed by atoms with Gasteiger partial charge in [0.05, 0.1) is 6.04 Å². The Morgan fingerprint density at radius 1 is 1.18 bits per heavy atom. The number of Topliss-reactive ketones (excluding diaryl/α,β-unsaturated/α-hetero) is 1. The number of ketones is 1. The second-order valence-electron chi connectivity index (χ2n) is 6.84. The number of benzene rings is 1. The highest BCUT2D eigenvalue weighted by molar-refractivity contribution is 5.81. The van der Waals surface area contributed by atoms with E-state index in [2.05, 4.69) is 4.98 Å². The summed E-state index contributed by atoms with van der Waals surface area (Å²) in [6.07, 6.45) is 1.72. The van der Waals surface area contributed by atoms with Crippen molar-refractivity contribution in [1.82, 2.24) is 23.1 Å². The van der Waals surface area contributed by atoms with E-state index in [9.17, 15) is 18.8 Å². The van der Waals surface area contributed by atoms with Gasteiger partial charge in [-0.3, -0.25) is 23.1 Å². The standard InChI is InChI=1S/C19H18FN5O3/c1-10-9-23-15-16(21-18(23)24(10)14-7-5-13(20)6-8-14)22(4)19(28)25(17(15)27)11(2)12(3)26/h5-9,11H,1-4H3. The van der Waals surface area contributed by atoms with Crippen molar-refractivity contribution in [2.45, 2.75) is 26.8 Å². The molecule has 8 nitrogen and oxygen atoms in total. The van der Waals surface area contributed by atoms with Gasteiger partial charge in [0.25, 0.3) is 5.56 Å². The zero-order chi connectivity index (χ0) is 20.3. The lowest BCUT2D eigenvalue weighted by Gasteiger charge is -2.12. The lowest BCUT2D eigenvalue weighted by atomic mass is 10.2. The minimum absolute atomic E-state index is 0.203. The van der Waals surface area contributed by atoms with E-state index in [4.69, 9.17) is 0 Å². The number of halogens is 1. The number of carbonyl (C=O) groups is 1. The van der Waals surface area contributed by atoms with Crippen LogP contribution in [0, 0.1) is 12.7 Å². The van der Waals surface area contributed by atoms with Gasteiger partial charge in [0.1, 0.15) is 5.82 Å². The van der Waals surface area contributed by atoms with Crippen LogP contribution in [0.15, 0.2) is 40.1 Å². The first-order valence-electron chi connectivity index (χ1n) is 8.70. The Labute approximate surface area is 158 Å². The summed E-state index contributed by atoms with van der Waals surface area (Å²) >= 11 is 0. The molecule has 0 amide bonds. The van der Waals surface area contributed by atoms with Gasteiger partial charge >= 0.3 is 5.69 Å². The molecule has 3 heterocycles. The van der Waals surface area contributed by atoms with E-state index >= 15 is 0 Å². The highest BCUT2D eigenvalue weighted by Crippen LogP contribution is 2.21. The third-order valence-corrected chi connectivity index (χ3v) is 5.04. The van der Waals surface area contributed by atoms with Crippen molar-refractivity contribution in [2.24, 2.45) is 7.05 Å². The number of aryl methyl sites for hydroxylation is 2. The number of imidazole rings is 2. The highest BCUT2D eigenvalue weighted by atomic mass is 19.1. The zero-order valence-corrected chi connectivity index (χ0v) is 15.8. The molecule has 0 fully saturated rings. The van der Waals surface area contributed by atoms with Crippen molar-refractivity contribution in [3.8, 4) is 5.69 Å². The lowest BCUT2D eigenvalue weighted by molar-refractivity contribution is -0.119. The fourth-order valence-corrected chi connectivity index (χ4v) is 3.41. The monoisotopic (exact) mass is 383 g/mol. The van der Waals surface area contributed by atoms with E-state index in [1.54, 1.807) is 27.3 Å². The molecule has 4 aromatic rings. The Morgan fingerprint density at radius 2 is 1.82 bits per heavy atom. The van der Waals surface area contributed by atoms with E-state index in [-0.39, 0.29) is 22.8 Å². The molecule has 28 heavy (non-hydrogen) atoms. The van der Waals surface area contributed by atoms with Gasteiger partial charge in [0.2, 0.25) is 5.78 Å². The molecule has 0 radical (unpaired) electrons. The number of nitrogens with zero attached hydrogens (tertiary/aromatic N) is 5.